The normalized spacial score (nSPS) is 25.5. The summed E-state index contributed by atoms with van der Waals surface area (Å²) in [5.74, 6) is -0.0794. The van der Waals surface area contributed by atoms with Gasteiger partial charge in [0.15, 0.2) is 12.1 Å². The molecule has 0 N–H and O–H groups in total. The Bertz CT molecular complexity index is 166. The first-order valence-corrected chi connectivity index (χ1v) is 5.13. The summed E-state index contributed by atoms with van der Waals surface area (Å²) in [6.07, 6.45) is 2.40. The van der Waals surface area contributed by atoms with Gasteiger partial charge in [-0.15, -0.1) is 11.6 Å². The van der Waals surface area contributed by atoms with Crippen molar-refractivity contribution < 1.29 is 14.3 Å². The van der Waals surface area contributed by atoms with Crippen molar-refractivity contribution in [3.05, 3.63) is 0 Å². The lowest BCUT2D eigenvalue weighted by Crippen LogP contribution is -2.31. The van der Waals surface area contributed by atoms with Gasteiger partial charge in [-0.2, -0.15) is 0 Å². The highest BCUT2D eigenvalue weighted by atomic mass is 35.5. The maximum absolute atomic E-state index is 11.1. The van der Waals surface area contributed by atoms with Gasteiger partial charge >= 0.3 is 0 Å². The average molecular weight is 207 g/mol. The first-order chi connectivity index (χ1) is 6.24. The summed E-state index contributed by atoms with van der Waals surface area (Å²) < 4.78 is 10.7. The number of carbonyl (C=O) groups excluding carboxylic acids is 1. The summed E-state index contributed by atoms with van der Waals surface area (Å²) in [7, 11) is 0. The van der Waals surface area contributed by atoms with Gasteiger partial charge in [0.1, 0.15) is 6.10 Å². The molecule has 1 aliphatic rings. The highest BCUT2D eigenvalue weighted by Gasteiger charge is 2.20. The Labute approximate surface area is 83.3 Å². The predicted molar refractivity (Wildman–Crippen MR) is 49.9 cm³/mol. The van der Waals surface area contributed by atoms with Crippen LogP contribution in [0.25, 0.3) is 0 Å². The molecule has 0 spiro atoms. The fraction of sp³-hybridized carbons (Fsp3) is 0.889. The molecule has 0 saturated carbocycles. The van der Waals surface area contributed by atoms with Gasteiger partial charge in [0.05, 0.1) is 5.88 Å². The third kappa shape index (κ3) is 3.63. The molecule has 1 aliphatic heterocycles. The fourth-order valence-electron chi connectivity index (χ4n) is 1.23. The molecule has 0 aromatic rings. The summed E-state index contributed by atoms with van der Waals surface area (Å²) in [4.78, 5) is 11.1. The molecule has 1 fully saturated rings. The Morgan fingerprint density at radius 1 is 1.69 bits per heavy atom. The summed E-state index contributed by atoms with van der Waals surface area (Å²) in [6.45, 7) is 2.44. The van der Waals surface area contributed by atoms with Crippen LogP contribution in [0.5, 0.6) is 0 Å². The molecule has 0 aromatic heterocycles. The van der Waals surface area contributed by atoms with Gasteiger partial charge < -0.3 is 9.47 Å². The second kappa shape index (κ2) is 5.58. The highest BCUT2D eigenvalue weighted by molar-refractivity contribution is 6.28. The van der Waals surface area contributed by atoms with E-state index in [0.717, 1.165) is 25.9 Å². The first kappa shape index (κ1) is 11.0. The molecule has 1 saturated heterocycles. The number of alkyl halides is 1. The van der Waals surface area contributed by atoms with Gasteiger partial charge in [0, 0.05) is 6.61 Å². The van der Waals surface area contributed by atoms with Crippen LogP contribution in [0.3, 0.4) is 0 Å². The molecule has 76 valence electrons. The van der Waals surface area contributed by atoms with E-state index in [4.69, 9.17) is 21.1 Å². The van der Waals surface area contributed by atoms with E-state index < -0.39 is 6.10 Å². The van der Waals surface area contributed by atoms with Gasteiger partial charge in [-0.05, 0) is 26.2 Å². The molecule has 0 radical (unpaired) electrons. The summed E-state index contributed by atoms with van der Waals surface area (Å²) in [5, 5.41) is 0. The number of ketones is 1. The van der Waals surface area contributed by atoms with E-state index in [1.54, 1.807) is 6.92 Å². The van der Waals surface area contributed by atoms with E-state index in [9.17, 15) is 4.79 Å². The zero-order valence-electron chi connectivity index (χ0n) is 7.79. The Hall–Kier alpha value is -0.120. The maximum Gasteiger partial charge on any atom is 0.176 e. The second-order valence-corrected chi connectivity index (χ2v) is 3.44. The fourth-order valence-corrected chi connectivity index (χ4v) is 1.45. The van der Waals surface area contributed by atoms with Crippen LogP contribution in [-0.2, 0) is 14.3 Å². The second-order valence-electron chi connectivity index (χ2n) is 3.17. The first-order valence-electron chi connectivity index (χ1n) is 4.59. The molecular formula is C9H15ClO3. The molecular weight excluding hydrogens is 192 g/mol. The van der Waals surface area contributed by atoms with E-state index in [2.05, 4.69) is 0 Å². The SMILES string of the molecule is CC(O[C@@H]1CCCCO1)C(=O)CCl. The number of rotatable bonds is 4. The van der Waals surface area contributed by atoms with E-state index >= 15 is 0 Å². The molecule has 2 atom stereocenters. The summed E-state index contributed by atoms with van der Waals surface area (Å²) in [6, 6.07) is 0. The molecule has 13 heavy (non-hydrogen) atoms. The summed E-state index contributed by atoms with van der Waals surface area (Å²) >= 11 is 5.39. The molecule has 1 unspecified atom stereocenters. The number of carbonyl (C=O) groups is 1. The number of hydrogen-bond acceptors (Lipinski definition) is 3. The van der Waals surface area contributed by atoms with E-state index in [1.807, 2.05) is 0 Å². The monoisotopic (exact) mass is 206 g/mol. The minimum Gasteiger partial charge on any atom is -0.353 e. The molecule has 0 bridgehead atoms. The van der Waals surface area contributed by atoms with Crippen molar-refractivity contribution in [3.63, 3.8) is 0 Å². The molecule has 1 heterocycles. The van der Waals surface area contributed by atoms with Crippen LogP contribution < -0.4 is 0 Å². The van der Waals surface area contributed by atoms with Crippen molar-refractivity contribution in [1.29, 1.82) is 0 Å². The van der Waals surface area contributed by atoms with Crippen molar-refractivity contribution in [1.82, 2.24) is 0 Å². The quantitative estimate of drug-likeness (QED) is 0.658. The van der Waals surface area contributed by atoms with E-state index in [0.29, 0.717) is 0 Å². The largest absolute Gasteiger partial charge is 0.353 e. The van der Waals surface area contributed by atoms with Gasteiger partial charge in [-0.3, -0.25) is 4.79 Å². The summed E-state index contributed by atoms with van der Waals surface area (Å²) in [5.41, 5.74) is 0. The topological polar surface area (TPSA) is 35.5 Å². The van der Waals surface area contributed by atoms with Gasteiger partial charge in [0.2, 0.25) is 0 Å². The standard InChI is InChI=1S/C9H15ClO3/c1-7(8(11)6-10)13-9-4-2-3-5-12-9/h7,9H,2-6H2,1H3/t7?,9-/m1/s1. The van der Waals surface area contributed by atoms with Crippen LogP contribution in [0.4, 0.5) is 0 Å². The van der Waals surface area contributed by atoms with Crippen molar-refractivity contribution in [2.24, 2.45) is 0 Å². The smallest absolute Gasteiger partial charge is 0.176 e. The van der Waals surface area contributed by atoms with Crippen LogP contribution in [0.1, 0.15) is 26.2 Å². The van der Waals surface area contributed by atoms with E-state index in [-0.39, 0.29) is 18.0 Å². The maximum atomic E-state index is 11.1. The molecule has 0 aliphatic carbocycles. The Kier molecular flexibility index (Phi) is 4.70. The van der Waals surface area contributed by atoms with Gasteiger partial charge in [-0.25, -0.2) is 0 Å². The van der Waals surface area contributed by atoms with Crippen LogP contribution in [0.15, 0.2) is 0 Å². The van der Waals surface area contributed by atoms with Crippen molar-refractivity contribution in [2.45, 2.75) is 38.6 Å². The lowest BCUT2D eigenvalue weighted by Gasteiger charge is -2.25. The number of halogens is 1. The molecule has 0 amide bonds. The minimum atomic E-state index is -0.444. The Morgan fingerprint density at radius 2 is 2.46 bits per heavy atom. The number of hydrogen-bond donors (Lipinski definition) is 0. The minimum absolute atomic E-state index is 0.00782. The van der Waals surface area contributed by atoms with Gasteiger partial charge in [-0.1, -0.05) is 0 Å². The lowest BCUT2D eigenvalue weighted by atomic mass is 10.2. The predicted octanol–water partition coefficient (Wildman–Crippen LogP) is 1.73. The zero-order valence-corrected chi connectivity index (χ0v) is 8.55. The number of Topliss-reactive ketones (excluding diaryl/α,β-unsaturated/α-hetero) is 1. The van der Waals surface area contributed by atoms with Crippen LogP contribution in [0.2, 0.25) is 0 Å². The molecule has 4 heteroatoms. The van der Waals surface area contributed by atoms with Gasteiger partial charge in [0.25, 0.3) is 0 Å². The highest BCUT2D eigenvalue weighted by Crippen LogP contribution is 2.15. The third-order valence-corrected chi connectivity index (χ3v) is 2.34. The third-order valence-electron chi connectivity index (χ3n) is 2.08. The van der Waals surface area contributed by atoms with Crippen molar-refractivity contribution >= 4 is 17.4 Å². The van der Waals surface area contributed by atoms with Crippen LogP contribution in [-0.4, -0.2) is 30.7 Å². The lowest BCUT2D eigenvalue weighted by molar-refractivity contribution is -0.187. The zero-order chi connectivity index (χ0) is 9.68. The molecule has 3 nitrogen and oxygen atoms in total. The van der Waals surface area contributed by atoms with Crippen molar-refractivity contribution in [2.75, 3.05) is 12.5 Å². The Balaban J connectivity index is 2.25. The van der Waals surface area contributed by atoms with Crippen LogP contribution in [0, 0.1) is 0 Å². The Morgan fingerprint density at radius 3 is 3.00 bits per heavy atom. The van der Waals surface area contributed by atoms with Crippen LogP contribution >= 0.6 is 11.6 Å². The average Bonchev–Trinajstić information content (AvgIpc) is 2.18. The molecule has 0 aromatic carbocycles. The van der Waals surface area contributed by atoms with E-state index in [1.165, 1.54) is 0 Å². The molecule has 1 rings (SSSR count). The number of ether oxygens (including phenoxy) is 2. The van der Waals surface area contributed by atoms with Crippen molar-refractivity contribution in [3.8, 4) is 0 Å².